The maximum Gasteiger partial charge on any atom is 0.416 e. The lowest BCUT2D eigenvalue weighted by molar-refractivity contribution is -0.137. The van der Waals surface area contributed by atoms with Gasteiger partial charge in [-0.15, -0.1) is 0 Å². The molecule has 146 valence electrons. The van der Waals surface area contributed by atoms with Crippen LogP contribution in [-0.4, -0.2) is 55.1 Å². The minimum atomic E-state index is -4.34. The molecule has 1 unspecified atom stereocenters. The van der Waals surface area contributed by atoms with Crippen LogP contribution in [0.4, 0.5) is 18.9 Å². The van der Waals surface area contributed by atoms with Crippen LogP contribution in [0.1, 0.15) is 5.56 Å². The zero-order valence-electron chi connectivity index (χ0n) is 15.1. The first kappa shape index (κ1) is 18.6. The zero-order chi connectivity index (χ0) is 19.7. The molecule has 1 fully saturated rings. The Bertz CT molecular complexity index is 893. The normalized spacial score (nSPS) is 22.8. The molecule has 2 heterocycles. The Morgan fingerprint density at radius 1 is 1.07 bits per heavy atom. The van der Waals surface area contributed by atoms with Crippen molar-refractivity contribution in [3.8, 4) is 0 Å². The second-order valence-corrected chi connectivity index (χ2v) is 6.94. The van der Waals surface area contributed by atoms with E-state index in [4.69, 9.17) is 0 Å². The molecule has 2 aliphatic heterocycles. The van der Waals surface area contributed by atoms with Crippen molar-refractivity contribution >= 4 is 23.1 Å². The molecule has 0 N–H and O–H groups in total. The van der Waals surface area contributed by atoms with E-state index in [1.54, 1.807) is 12.1 Å². The fourth-order valence-electron chi connectivity index (χ4n) is 3.53. The van der Waals surface area contributed by atoms with Crippen molar-refractivity contribution in [1.82, 2.24) is 4.90 Å². The number of carbonyl (C=O) groups is 1. The highest BCUT2D eigenvalue weighted by Crippen LogP contribution is 2.31. The van der Waals surface area contributed by atoms with Crippen LogP contribution >= 0.6 is 0 Å². The molecule has 0 radical (unpaired) electrons. The first-order valence-electron chi connectivity index (χ1n) is 9.09. The van der Waals surface area contributed by atoms with Crippen LogP contribution in [0.2, 0.25) is 0 Å². The largest absolute Gasteiger partial charge is 0.416 e. The summed E-state index contributed by atoms with van der Waals surface area (Å²) in [4.78, 5) is 24.8. The molecule has 28 heavy (non-hydrogen) atoms. The third-order valence-corrected chi connectivity index (χ3v) is 5.04. The standard InChI is InChI=1S/C20H19F3N4O/c21-20(22,23)14-4-3-5-15(12-14)27-10-8-26(9-11-27)13-18-24-17-7-2-1-6-16(17)19(28)25-18/h1-7,12,16H,8-11,13H2. The van der Waals surface area contributed by atoms with Gasteiger partial charge in [-0.3, -0.25) is 9.69 Å². The van der Waals surface area contributed by atoms with E-state index in [0.717, 1.165) is 6.07 Å². The van der Waals surface area contributed by atoms with Crippen LogP contribution < -0.4 is 4.90 Å². The van der Waals surface area contributed by atoms with E-state index in [9.17, 15) is 18.0 Å². The van der Waals surface area contributed by atoms with E-state index >= 15 is 0 Å². The number of halogens is 3. The third-order valence-electron chi connectivity index (χ3n) is 5.04. The first-order valence-corrected chi connectivity index (χ1v) is 9.09. The van der Waals surface area contributed by atoms with Crippen LogP contribution in [0.15, 0.2) is 58.6 Å². The van der Waals surface area contributed by atoms with Gasteiger partial charge in [0, 0.05) is 31.9 Å². The van der Waals surface area contributed by atoms with Gasteiger partial charge >= 0.3 is 6.18 Å². The first-order chi connectivity index (χ1) is 13.4. The summed E-state index contributed by atoms with van der Waals surface area (Å²) < 4.78 is 38.8. The lowest BCUT2D eigenvalue weighted by Crippen LogP contribution is -2.48. The Morgan fingerprint density at radius 2 is 1.86 bits per heavy atom. The Balaban J connectivity index is 1.38. The highest BCUT2D eigenvalue weighted by Gasteiger charge is 2.31. The number of amidine groups is 1. The van der Waals surface area contributed by atoms with Crippen molar-refractivity contribution in [3.63, 3.8) is 0 Å². The molecule has 1 aromatic rings. The molecule has 4 rings (SSSR count). The Hall–Kier alpha value is -2.74. The SMILES string of the molecule is O=C1N=C(CN2CCN(c3cccc(C(F)(F)F)c3)CC2)N=C2C=CC=CC12. The van der Waals surface area contributed by atoms with Gasteiger partial charge in [0.15, 0.2) is 0 Å². The van der Waals surface area contributed by atoms with Gasteiger partial charge in [-0.2, -0.15) is 18.2 Å². The van der Waals surface area contributed by atoms with Crippen molar-refractivity contribution in [3.05, 3.63) is 54.1 Å². The number of amides is 1. The van der Waals surface area contributed by atoms with E-state index in [-0.39, 0.29) is 11.8 Å². The summed E-state index contributed by atoms with van der Waals surface area (Å²) in [5, 5.41) is 0. The van der Waals surface area contributed by atoms with Crippen molar-refractivity contribution in [1.29, 1.82) is 0 Å². The Morgan fingerprint density at radius 3 is 2.61 bits per heavy atom. The van der Waals surface area contributed by atoms with Crippen LogP contribution in [0.3, 0.4) is 0 Å². The molecule has 1 aromatic carbocycles. The summed E-state index contributed by atoms with van der Waals surface area (Å²) >= 11 is 0. The zero-order valence-corrected chi connectivity index (χ0v) is 15.1. The number of nitrogens with zero attached hydrogens (tertiary/aromatic N) is 4. The summed E-state index contributed by atoms with van der Waals surface area (Å²) in [6.07, 6.45) is 2.93. The van der Waals surface area contributed by atoms with Gasteiger partial charge in [0.25, 0.3) is 5.91 Å². The maximum absolute atomic E-state index is 12.9. The molecule has 0 saturated carbocycles. The highest BCUT2D eigenvalue weighted by molar-refractivity contribution is 6.21. The number of hydrogen-bond acceptors (Lipinski definition) is 4. The number of carbonyl (C=O) groups excluding carboxylic acids is 1. The van der Waals surface area contributed by atoms with Crippen molar-refractivity contribution < 1.29 is 18.0 Å². The maximum atomic E-state index is 12.9. The lowest BCUT2D eigenvalue weighted by atomic mass is 9.96. The van der Waals surface area contributed by atoms with Gasteiger partial charge in [-0.25, -0.2) is 4.99 Å². The predicted molar refractivity (Wildman–Crippen MR) is 102 cm³/mol. The van der Waals surface area contributed by atoms with Crippen LogP contribution in [0.25, 0.3) is 0 Å². The van der Waals surface area contributed by atoms with Gasteiger partial charge in [-0.05, 0) is 24.3 Å². The molecular weight excluding hydrogens is 369 g/mol. The van der Waals surface area contributed by atoms with E-state index in [1.165, 1.54) is 12.1 Å². The topological polar surface area (TPSA) is 48.3 Å². The fraction of sp³-hybridized carbons (Fsp3) is 0.350. The smallest absolute Gasteiger partial charge is 0.369 e. The molecular formula is C20H19F3N4O. The van der Waals surface area contributed by atoms with Crippen LogP contribution in [0, 0.1) is 5.92 Å². The molecule has 1 aliphatic carbocycles. The molecule has 3 aliphatic rings. The summed E-state index contributed by atoms with van der Waals surface area (Å²) in [5.41, 5.74) is 0.643. The summed E-state index contributed by atoms with van der Waals surface area (Å²) in [6.45, 7) is 2.98. The van der Waals surface area contributed by atoms with E-state index in [2.05, 4.69) is 14.9 Å². The predicted octanol–water partition coefficient (Wildman–Crippen LogP) is 2.95. The molecule has 0 aromatic heterocycles. The summed E-state index contributed by atoms with van der Waals surface area (Å²) in [6, 6.07) is 5.41. The average Bonchev–Trinajstić information content (AvgIpc) is 2.68. The fourth-order valence-corrected chi connectivity index (χ4v) is 3.53. The molecule has 1 atom stereocenters. The van der Waals surface area contributed by atoms with Gasteiger partial charge < -0.3 is 4.90 Å². The number of allylic oxidation sites excluding steroid dienone is 3. The van der Waals surface area contributed by atoms with Gasteiger partial charge in [0.05, 0.1) is 17.8 Å². The number of aliphatic imine (C=N–C) groups is 2. The second kappa shape index (κ2) is 7.35. The van der Waals surface area contributed by atoms with Gasteiger partial charge in [0.1, 0.15) is 11.8 Å². The van der Waals surface area contributed by atoms with Crippen LogP contribution in [-0.2, 0) is 11.0 Å². The third kappa shape index (κ3) is 3.91. The van der Waals surface area contributed by atoms with Crippen LogP contribution in [0.5, 0.6) is 0 Å². The number of alkyl halides is 3. The Labute approximate surface area is 160 Å². The molecule has 0 bridgehead atoms. The van der Waals surface area contributed by atoms with E-state index < -0.39 is 11.7 Å². The van der Waals surface area contributed by atoms with Gasteiger partial charge in [0.2, 0.25) is 0 Å². The number of rotatable bonds is 3. The molecule has 5 nitrogen and oxygen atoms in total. The number of hydrogen-bond donors (Lipinski definition) is 0. The monoisotopic (exact) mass is 388 g/mol. The molecule has 8 heteroatoms. The quantitative estimate of drug-likeness (QED) is 0.800. The number of fused-ring (bicyclic) bond motifs is 1. The van der Waals surface area contributed by atoms with E-state index in [1.807, 2.05) is 23.1 Å². The highest BCUT2D eigenvalue weighted by atomic mass is 19.4. The molecule has 0 spiro atoms. The summed E-state index contributed by atoms with van der Waals surface area (Å²) in [5.74, 6) is -0.0987. The number of anilines is 1. The Kier molecular flexibility index (Phi) is 4.89. The number of piperazine rings is 1. The minimum absolute atomic E-state index is 0.205. The summed E-state index contributed by atoms with van der Waals surface area (Å²) in [7, 11) is 0. The lowest BCUT2D eigenvalue weighted by Gasteiger charge is -2.36. The average molecular weight is 388 g/mol. The van der Waals surface area contributed by atoms with Gasteiger partial charge in [-0.1, -0.05) is 24.3 Å². The van der Waals surface area contributed by atoms with E-state index in [0.29, 0.717) is 50.0 Å². The minimum Gasteiger partial charge on any atom is -0.369 e. The second-order valence-electron chi connectivity index (χ2n) is 6.94. The number of benzene rings is 1. The van der Waals surface area contributed by atoms with Crippen molar-refractivity contribution in [2.45, 2.75) is 6.18 Å². The van der Waals surface area contributed by atoms with Crippen molar-refractivity contribution in [2.24, 2.45) is 15.9 Å². The molecule has 1 saturated heterocycles. The molecule has 1 amide bonds. The van der Waals surface area contributed by atoms with Crippen molar-refractivity contribution in [2.75, 3.05) is 37.6 Å².